The Morgan fingerprint density at radius 1 is 1.57 bits per heavy atom. The van der Waals surface area contributed by atoms with Crippen LogP contribution in [-0.4, -0.2) is 23.2 Å². The van der Waals surface area contributed by atoms with Crippen LogP contribution in [0.25, 0.3) is 0 Å². The van der Waals surface area contributed by atoms with Crippen molar-refractivity contribution in [3.05, 3.63) is 29.6 Å². The minimum atomic E-state index is -0.689. The first-order valence-corrected chi connectivity index (χ1v) is 5.07. The fourth-order valence-corrected chi connectivity index (χ4v) is 1.97. The number of β-amino-alcohol motifs (C(OH)–C–C–N with tert-alkyl or cyclic N) is 1. The second kappa shape index (κ2) is 3.67. The molecule has 0 spiro atoms. The molecule has 1 atom stereocenters. The molecule has 0 aromatic carbocycles. The van der Waals surface area contributed by atoms with Crippen LogP contribution in [0.1, 0.15) is 24.1 Å². The summed E-state index contributed by atoms with van der Waals surface area (Å²) in [6.45, 7) is 3.60. The molecule has 1 aliphatic rings. The molecular weight excluding hydrogens is 176 g/mol. The molecule has 3 heteroatoms. The standard InChI is InChI=1S/C11H16N2O/c1-9-7-10(3-6-13-9)11(14)4-2-5-12-8-11/h3,6-7,12,14H,2,4-5,8H2,1H3. The van der Waals surface area contributed by atoms with Gasteiger partial charge in [0, 0.05) is 18.4 Å². The van der Waals surface area contributed by atoms with Crippen molar-refractivity contribution in [1.29, 1.82) is 0 Å². The molecule has 2 N–H and O–H groups in total. The van der Waals surface area contributed by atoms with Crippen molar-refractivity contribution in [2.75, 3.05) is 13.1 Å². The third-order valence-corrected chi connectivity index (χ3v) is 2.80. The number of aryl methyl sites for hydroxylation is 1. The van der Waals surface area contributed by atoms with Crippen LogP contribution in [0.15, 0.2) is 18.3 Å². The van der Waals surface area contributed by atoms with Gasteiger partial charge >= 0.3 is 0 Å². The molecule has 1 fully saturated rings. The first kappa shape index (κ1) is 9.62. The quantitative estimate of drug-likeness (QED) is 0.696. The van der Waals surface area contributed by atoms with E-state index >= 15 is 0 Å². The normalized spacial score (nSPS) is 27.6. The molecule has 1 aliphatic heterocycles. The Balaban J connectivity index is 2.28. The highest BCUT2D eigenvalue weighted by molar-refractivity contribution is 5.23. The smallest absolute Gasteiger partial charge is 0.102 e. The molecule has 0 aliphatic carbocycles. The van der Waals surface area contributed by atoms with E-state index in [1.165, 1.54) is 0 Å². The van der Waals surface area contributed by atoms with Gasteiger partial charge in [-0.1, -0.05) is 0 Å². The summed E-state index contributed by atoms with van der Waals surface area (Å²) in [5.41, 5.74) is 1.25. The largest absolute Gasteiger partial charge is 0.384 e. The summed E-state index contributed by atoms with van der Waals surface area (Å²) in [4.78, 5) is 4.13. The monoisotopic (exact) mass is 192 g/mol. The number of nitrogens with one attached hydrogen (secondary N) is 1. The van der Waals surface area contributed by atoms with Gasteiger partial charge in [0.2, 0.25) is 0 Å². The molecule has 1 saturated heterocycles. The Bertz CT molecular complexity index is 319. The summed E-state index contributed by atoms with van der Waals surface area (Å²) >= 11 is 0. The summed E-state index contributed by atoms with van der Waals surface area (Å²) < 4.78 is 0. The van der Waals surface area contributed by atoms with Gasteiger partial charge in [-0.2, -0.15) is 0 Å². The lowest BCUT2D eigenvalue weighted by Gasteiger charge is -2.33. The highest BCUT2D eigenvalue weighted by Gasteiger charge is 2.30. The van der Waals surface area contributed by atoms with Gasteiger partial charge in [-0.25, -0.2) is 0 Å². The van der Waals surface area contributed by atoms with Gasteiger partial charge in [0.25, 0.3) is 0 Å². The fraction of sp³-hybridized carbons (Fsp3) is 0.545. The molecule has 1 unspecified atom stereocenters. The molecule has 76 valence electrons. The van der Waals surface area contributed by atoms with Crippen molar-refractivity contribution in [3.63, 3.8) is 0 Å². The van der Waals surface area contributed by atoms with Crippen LogP contribution in [0.5, 0.6) is 0 Å². The minimum Gasteiger partial charge on any atom is -0.384 e. The molecule has 0 radical (unpaired) electrons. The molecule has 14 heavy (non-hydrogen) atoms. The van der Waals surface area contributed by atoms with Gasteiger partial charge in [-0.3, -0.25) is 4.98 Å². The molecule has 0 saturated carbocycles. The van der Waals surface area contributed by atoms with Gasteiger partial charge in [0.15, 0.2) is 0 Å². The highest BCUT2D eigenvalue weighted by atomic mass is 16.3. The van der Waals surface area contributed by atoms with Crippen LogP contribution in [0.2, 0.25) is 0 Å². The zero-order chi connectivity index (χ0) is 10.0. The lowest BCUT2D eigenvalue weighted by atomic mass is 9.87. The van der Waals surface area contributed by atoms with Gasteiger partial charge in [-0.15, -0.1) is 0 Å². The average Bonchev–Trinajstić information content (AvgIpc) is 2.19. The number of piperidine rings is 1. The van der Waals surface area contributed by atoms with E-state index in [9.17, 15) is 5.11 Å². The zero-order valence-electron chi connectivity index (χ0n) is 8.45. The van der Waals surface area contributed by atoms with Crippen LogP contribution in [0.4, 0.5) is 0 Å². The van der Waals surface area contributed by atoms with Crippen molar-refractivity contribution in [3.8, 4) is 0 Å². The number of nitrogens with zero attached hydrogens (tertiary/aromatic N) is 1. The SMILES string of the molecule is Cc1cc(C2(O)CCCNC2)ccn1. The Hall–Kier alpha value is -0.930. The number of hydrogen-bond acceptors (Lipinski definition) is 3. The van der Waals surface area contributed by atoms with E-state index < -0.39 is 5.60 Å². The molecule has 1 aromatic heterocycles. The van der Waals surface area contributed by atoms with Crippen LogP contribution in [0.3, 0.4) is 0 Å². The van der Waals surface area contributed by atoms with Crippen molar-refractivity contribution in [1.82, 2.24) is 10.3 Å². The summed E-state index contributed by atoms with van der Waals surface area (Å²) in [7, 11) is 0. The maximum atomic E-state index is 10.4. The first-order valence-electron chi connectivity index (χ1n) is 5.07. The predicted octanol–water partition coefficient (Wildman–Crippen LogP) is 0.961. The molecular formula is C11H16N2O. The van der Waals surface area contributed by atoms with E-state index in [4.69, 9.17) is 0 Å². The molecule has 0 bridgehead atoms. The number of aliphatic hydroxyl groups is 1. The number of aromatic nitrogens is 1. The van der Waals surface area contributed by atoms with E-state index in [0.29, 0.717) is 6.54 Å². The summed E-state index contributed by atoms with van der Waals surface area (Å²) in [6, 6.07) is 3.87. The summed E-state index contributed by atoms with van der Waals surface area (Å²) in [5, 5.41) is 13.6. The average molecular weight is 192 g/mol. The van der Waals surface area contributed by atoms with Gasteiger partial charge in [0.1, 0.15) is 5.60 Å². The zero-order valence-corrected chi connectivity index (χ0v) is 8.45. The Kier molecular flexibility index (Phi) is 2.52. The van der Waals surface area contributed by atoms with E-state index in [1.807, 2.05) is 19.1 Å². The number of hydrogen-bond donors (Lipinski definition) is 2. The Morgan fingerprint density at radius 3 is 3.07 bits per heavy atom. The Labute approximate surface area is 84.2 Å². The highest BCUT2D eigenvalue weighted by Crippen LogP contribution is 2.27. The molecule has 0 amide bonds. The van der Waals surface area contributed by atoms with E-state index in [1.54, 1.807) is 6.20 Å². The minimum absolute atomic E-state index is 0.649. The number of pyridine rings is 1. The third-order valence-electron chi connectivity index (χ3n) is 2.80. The number of rotatable bonds is 1. The Morgan fingerprint density at radius 2 is 2.43 bits per heavy atom. The fourth-order valence-electron chi connectivity index (χ4n) is 1.97. The van der Waals surface area contributed by atoms with Gasteiger partial charge < -0.3 is 10.4 Å². The first-order chi connectivity index (χ1) is 6.71. The van der Waals surface area contributed by atoms with Crippen molar-refractivity contribution < 1.29 is 5.11 Å². The second-order valence-corrected chi connectivity index (χ2v) is 4.00. The topological polar surface area (TPSA) is 45.1 Å². The van der Waals surface area contributed by atoms with Crippen molar-refractivity contribution >= 4 is 0 Å². The molecule has 1 aromatic rings. The van der Waals surface area contributed by atoms with E-state index in [2.05, 4.69) is 10.3 Å². The molecule has 3 nitrogen and oxygen atoms in total. The van der Waals surface area contributed by atoms with Crippen molar-refractivity contribution in [2.45, 2.75) is 25.4 Å². The maximum absolute atomic E-state index is 10.4. The van der Waals surface area contributed by atoms with Crippen molar-refractivity contribution in [2.24, 2.45) is 0 Å². The van der Waals surface area contributed by atoms with E-state index in [-0.39, 0.29) is 0 Å². The van der Waals surface area contributed by atoms with Crippen LogP contribution in [0, 0.1) is 6.92 Å². The molecule has 2 heterocycles. The van der Waals surface area contributed by atoms with Gasteiger partial charge in [0.05, 0.1) is 0 Å². The van der Waals surface area contributed by atoms with Gasteiger partial charge in [-0.05, 0) is 44.0 Å². The van der Waals surface area contributed by atoms with Crippen LogP contribution < -0.4 is 5.32 Å². The summed E-state index contributed by atoms with van der Waals surface area (Å²) in [5.74, 6) is 0. The van der Waals surface area contributed by atoms with E-state index in [0.717, 1.165) is 30.6 Å². The summed E-state index contributed by atoms with van der Waals surface area (Å²) in [6.07, 6.45) is 3.62. The van der Waals surface area contributed by atoms with Crippen LogP contribution in [-0.2, 0) is 5.60 Å². The molecule has 2 rings (SSSR count). The maximum Gasteiger partial charge on any atom is 0.102 e. The lowest BCUT2D eigenvalue weighted by molar-refractivity contribution is 0.0122. The third kappa shape index (κ3) is 1.79. The predicted molar refractivity (Wildman–Crippen MR) is 55.0 cm³/mol. The lowest BCUT2D eigenvalue weighted by Crippen LogP contribution is -2.43. The van der Waals surface area contributed by atoms with Crippen LogP contribution >= 0.6 is 0 Å². The second-order valence-electron chi connectivity index (χ2n) is 4.00.